The van der Waals surface area contributed by atoms with Crippen molar-refractivity contribution in [3.8, 4) is 0 Å². The molecule has 8 heteroatoms. The molecule has 0 N–H and O–H groups in total. The first-order chi connectivity index (χ1) is 15.5. The normalized spacial score (nSPS) is 11.2. The molecule has 0 saturated carbocycles. The molecule has 0 spiro atoms. The zero-order valence-corrected chi connectivity index (χ0v) is 17.8. The van der Waals surface area contributed by atoms with Gasteiger partial charge in [0.25, 0.3) is 5.69 Å². The van der Waals surface area contributed by atoms with Crippen molar-refractivity contribution in [1.82, 2.24) is 4.57 Å². The Morgan fingerprint density at radius 2 is 1.97 bits per heavy atom. The van der Waals surface area contributed by atoms with E-state index < -0.39 is 4.92 Å². The predicted octanol–water partition coefficient (Wildman–Crippen LogP) is 5.79. The summed E-state index contributed by atoms with van der Waals surface area (Å²) in [5.41, 5.74) is 3.55. The average molecular weight is 448 g/mol. The van der Waals surface area contributed by atoms with Crippen LogP contribution in [-0.4, -0.2) is 28.8 Å². The number of rotatable bonds is 6. The SMILES string of the molecule is COC(=O)c1cccc(Cn2cc(C=Nc3ccc(Cl)c([N+](=O)[O-])c3)c3ccccc32)c1. The molecule has 0 bridgehead atoms. The molecule has 0 aliphatic heterocycles. The number of esters is 1. The summed E-state index contributed by atoms with van der Waals surface area (Å²) in [6, 6.07) is 19.6. The second-order valence-electron chi connectivity index (χ2n) is 7.07. The van der Waals surface area contributed by atoms with Crippen LogP contribution >= 0.6 is 11.6 Å². The van der Waals surface area contributed by atoms with Gasteiger partial charge in [-0.2, -0.15) is 0 Å². The lowest BCUT2D eigenvalue weighted by atomic mass is 10.1. The number of hydrogen-bond acceptors (Lipinski definition) is 5. The minimum Gasteiger partial charge on any atom is -0.465 e. The zero-order chi connectivity index (χ0) is 22.7. The van der Waals surface area contributed by atoms with Gasteiger partial charge >= 0.3 is 5.97 Å². The predicted molar refractivity (Wildman–Crippen MR) is 124 cm³/mol. The number of nitro groups is 1. The van der Waals surface area contributed by atoms with Crippen LogP contribution in [0.2, 0.25) is 5.02 Å². The number of carbonyl (C=O) groups is 1. The van der Waals surface area contributed by atoms with Gasteiger partial charge in [0.15, 0.2) is 0 Å². The first kappa shape index (κ1) is 21.3. The summed E-state index contributed by atoms with van der Waals surface area (Å²) < 4.78 is 6.87. The van der Waals surface area contributed by atoms with Gasteiger partial charge in [-0.15, -0.1) is 0 Å². The lowest BCUT2D eigenvalue weighted by Crippen LogP contribution is -2.03. The van der Waals surface area contributed by atoms with Crippen LogP contribution < -0.4 is 0 Å². The van der Waals surface area contributed by atoms with Crippen molar-refractivity contribution in [2.75, 3.05) is 7.11 Å². The lowest BCUT2D eigenvalue weighted by Gasteiger charge is -2.07. The van der Waals surface area contributed by atoms with E-state index in [1.807, 2.05) is 42.6 Å². The molecule has 4 aromatic rings. The summed E-state index contributed by atoms with van der Waals surface area (Å²) >= 11 is 5.88. The molecule has 3 aromatic carbocycles. The number of halogens is 1. The Balaban J connectivity index is 1.68. The molecular formula is C24H18ClN3O4. The molecule has 160 valence electrons. The van der Waals surface area contributed by atoms with Gasteiger partial charge in [-0.25, -0.2) is 4.79 Å². The Bertz CT molecular complexity index is 1360. The van der Waals surface area contributed by atoms with Crippen LogP contribution in [0.1, 0.15) is 21.5 Å². The van der Waals surface area contributed by atoms with E-state index in [0.29, 0.717) is 17.8 Å². The molecule has 4 rings (SSSR count). The van der Waals surface area contributed by atoms with Crippen LogP contribution in [-0.2, 0) is 11.3 Å². The first-order valence-electron chi connectivity index (χ1n) is 9.69. The fraction of sp³-hybridized carbons (Fsp3) is 0.0833. The summed E-state index contributed by atoms with van der Waals surface area (Å²) in [5, 5.41) is 12.2. The molecule has 0 aliphatic carbocycles. The second-order valence-corrected chi connectivity index (χ2v) is 7.48. The highest BCUT2D eigenvalue weighted by Crippen LogP contribution is 2.29. The van der Waals surface area contributed by atoms with Gasteiger partial charge in [-0.1, -0.05) is 41.9 Å². The van der Waals surface area contributed by atoms with Crippen molar-refractivity contribution >= 4 is 46.1 Å². The van der Waals surface area contributed by atoms with Crippen molar-refractivity contribution in [1.29, 1.82) is 0 Å². The number of ether oxygens (including phenoxy) is 1. The van der Waals surface area contributed by atoms with E-state index in [1.165, 1.54) is 19.2 Å². The van der Waals surface area contributed by atoms with Gasteiger partial charge in [0.1, 0.15) is 5.02 Å². The van der Waals surface area contributed by atoms with Crippen LogP contribution in [0.4, 0.5) is 11.4 Å². The number of hydrogen-bond donors (Lipinski definition) is 0. The number of methoxy groups -OCH3 is 1. The summed E-state index contributed by atoms with van der Waals surface area (Å²) in [6.07, 6.45) is 3.64. The van der Waals surface area contributed by atoms with Crippen molar-refractivity contribution in [3.63, 3.8) is 0 Å². The minimum absolute atomic E-state index is 0.0692. The van der Waals surface area contributed by atoms with Gasteiger partial charge in [-0.3, -0.25) is 15.1 Å². The number of benzene rings is 3. The molecule has 0 atom stereocenters. The first-order valence-corrected chi connectivity index (χ1v) is 10.1. The third kappa shape index (κ3) is 4.38. The van der Waals surface area contributed by atoms with E-state index in [9.17, 15) is 14.9 Å². The van der Waals surface area contributed by atoms with Crippen molar-refractivity contribution in [3.05, 3.63) is 105 Å². The topological polar surface area (TPSA) is 86.7 Å². The van der Waals surface area contributed by atoms with Crippen molar-refractivity contribution < 1.29 is 14.5 Å². The van der Waals surface area contributed by atoms with Gasteiger partial charge in [0.05, 0.1) is 23.3 Å². The van der Waals surface area contributed by atoms with Crippen LogP contribution in [0.15, 0.2) is 77.9 Å². The third-order valence-corrected chi connectivity index (χ3v) is 5.32. The van der Waals surface area contributed by atoms with Crippen molar-refractivity contribution in [2.24, 2.45) is 4.99 Å². The maximum atomic E-state index is 11.8. The number of carbonyl (C=O) groups excluding carboxylic acids is 1. The minimum atomic E-state index is -0.532. The van der Waals surface area contributed by atoms with Crippen molar-refractivity contribution in [2.45, 2.75) is 6.54 Å². The summed E-state index contributed by atoms with van der Waals surface area (Å²) in [5.74, 6) is -0.380. The molecule has 32 heavy (non-hydrogen) atoms. The number of para-hydroxylation sites is 1. The monoisotopic (exact) mass is 447 g/mol. The van der Waals surface area contributed by atoms with Crippen LogP contribution in [0.3, 0.4) is 0 Å². The van der Waals surface area contributed by atoms with E-state index >= 15 is 0 Å². The second kappa shape index (κ2) is 9.03. The van der Waals surface area contributed by atoms with Crippen LogP contribution in [0, 0.1) is 10.1 Å². The summed E-state index contributed by atoms with van der Waals surface area (Å²) in [7, 11) is 1.36. The Morgan fingerprint density at radius 1 is 1.16 bits per heavy atom. The molecule has 0 fully saturated rings. The van der Waals surface area contributed by atoms with E-state index in [0.717, 1.165) is 22.0 Å². The largest absolute Gasteiger partial charge is 0.465 e. The molecule has 1 aromatic heterocycles. The Kier molecular flexibility index (Phi) is 6.00. The van der Waals surface area contributed by atoms with E-state index in [2.05, 4.69) is 9.56 Å². The van der Waals surface area contributed by atoms with Gasteiger partial charge in [-0.05, 0) is 35.9 Å². The molecule has 0 saturated heterocycles. The summed E-state index contributed by atoms with van der Waals surface area (Å²) in [6.45, 7) is 0.547. The molecular weight excluding hydrogens is 430 g/mol. The number of aliphatic imine (C=N–C) groups is 1. The molecule has 0 unspecified atom stereocenters. The van der Waals surface area contributed by atoms with Gasteiger partial charge in [0, 0.05) is 41.5 Å². The van der Waals surface area contributed by atoms with Gasteiger partial charge in [0.2, 0.25) is 0 Å². The molecule has 0 amide bonds. The standard InChI is InChI=1S/C24H18ClN3O4/c1-32-24(29)17-6-4-5-16(11-17)14-27-15-18(20-7-2-3-8-22(20)27)13-26-19-9-10-21(25)23(12-19)28(30)31/h2-13,15H,14H2,1H3. The molecule has 1 heterocycles. The van der Waals surface area contributed by atoms with E-state index in [4.69, 9.17) is 16.3 Å². The van der Waals surface area contributed by atoms with Crippen LogP contribution in [0.25, 0.3) is 10.9 Å². The van der Waals surface area contributed by atoms with Crippen LogP contribution in [0.5, 0.6) is 0 Å². The Morgan fingerprint density at radius 3 is 2.75 bits per heavy atom. The van der Waals surface area contributed by atoms with Gasteiger partial charge < -0.3 is 9.30 Å². The highest BCUT2D eigenvalue weighted by atomic mass is 35.5. The maximum absolute atomic E-state index is 11.8. The number of aromatic nitrogens is 1. The quantitative estimate of drug-likeness (QED) is 0.162. The highest BCUT2D eigenvalue weighted by Gasteiger charge is 2.13. The fourth-order valence-corrected chi connectivity index (χ4v) is 3.67. The lowest BCUT2D eigenvalue weighted by molar-refractivity contribution is -0.384. The molecule has 7 nitrogen and oxygen atoms in total. The number of nitro benzene ring substituents is 1. The fourth-order valence-electron chi connectivity index (χ4n) is 3.49. The Labute approximate surface area is 188 Å². The zero-order valence-electron chi connectivity index (χ0n) is 17.1. The molecule has 0 aliphatic rings. The number of fused-ring (bicyclic) bond motifs is 1. The highest BCUT2D eigenvalue weighted by molar-refractivity contribution is 6.32. The molecule has 0 radical (unpaired) electrons. The maximum Gasteiger partial charge on any atom is 0.337 e. The average Bonchev–Trinajstić information content (AvgIpc) is 3.15. The summed E-state index contributed by atoms with van der Waals surface area (Å²) in [4.78, 5) is 26.9. The third-order valence-electron chi connectivity index (χ3n) is 5.00. The van der Waals surface area contributed by atoms with E-state index in [-0.39, 0.29) is 16.7 Å². The smallest absolute Gasteiger partial charge is 0.337 e. The Hall–Kier alpha value is -3.97. The number of nitrogens with zero attached hydrogens (tertiary/aromatic N) is 3. The van der Waals surface area contributed by atoms with E-state index in [1.54, 1.807) is 24.4 Å².